The number of phosphoric acid groups is 1. The molecule has 0 radical (unpaired) electrons. The van der Waals surface area contributed by atoms with Crippen LogP contribution in [0.2, 0.25) is 0 Å². The van der Waals surface area contributed by atoms with Crippen molar-refractivity contribution in [1.82, 2.24) is 0 Å². The molecule has 1 aromatic rings. The maximum absolute atomic E-state index is 10.7. The van der Waals surface area contributed by atoms with E-state index >= 15 is 0 Å². The number of nitrogens with zero attached hydrogens (tertiary/aromatic N) is 1. The molecule has 0 aromatic carbocycles. The Bertz CT molecular complexity index is 413. The van der Waals surface area contributed by atoms with Gasteiger partial charge in [-0.25, -0.2) is 9.13 Å². The first-order valence-electron chi connectivity index (χ1n) is 4.37. The van der Waals surface area contributed by atoms with Gasteiger partial charge in [-0.2, -0.15) is 0 Å². The van der Waals surface area contributed by atoms with Gasteiger partial charge in [0, 0.05) is 12.1 Å². The predicted octanol–water partition coefficient (Wildman–Crippen LogP) is -0.818. The molecule has 0 aliphatic carbocycles. The fraction of sp³-hybridized carbons (Fsp3) is 0.250. The number of amides is 1. The zero-order chi connectivity index (χ0) is 12.2. The van der Waals surface area contributed by atoms with Crippen LogP contribution in [0.3, 0.4) is 0 Å². The third kappa shape index (κ3) is 4.50. The molecule has 1 aromatic heterocycles. The van der Waals surface area contributed by atoms with Crippen molar-refractivity contribution in [2.24, 2.45) is 5.73 Å². The molecular formula is C8H12N2O5P+. The fourth-order valence-corrected chi connectivity index (χ4v) is 1.36. The average Bonchev–Trinajstić information content (AvgIpc) is 2.16. The zero-order valence-electron chi connectivity index (χ0n) is 8.31. The number of carbonyl (C=O) groups excluding carboxylic acids is 1. The van der Waals surface area contributed by atoms with Gasteiger partial charge in [-0.15, -0.1) is 0 Å². The highest BCUT2D eigenvalue weighted by Gasteiger charge is 2.14. The maximum atomic E-state index is 10.7. The third-order valence-electron chi connectivity index (χ3n) is 1.78. The van der Waals surface area contributed by atoms with E-state index in [0.29, 0.717) is 5.56 Å². The zero-order valence-corrected chi connectivity index (χ0v) is 9.21. The SMILES string of the molecule is NC(=O)c1cc[n+](CCOP(=O)(O)O)cc1. The summed E-state index contributed by atoms with van der Waals surface area (Å²) in [5.74, 6) is -0.529. The van der Waals surface area contributed by atoms with Crippen LogP contribution in [0.4, 0.5) is 0 Å². The van der Waals surface area contributed by atoms with Crippen LogP contribution in [-0.4, -0.2) is 22.3 Å². The number of hydrogen-bond acceptors (Lipinski definition) is 3. The Morgan fingerprint density at radius 3 is 2.44 bits per heavy atom. The highest BCUT2D eigenvalue weighted by atomic mass is 31.2. The lowest BCUT2D eigenvalue weighted by Gasteiger charge is -2.02. The molecule has 1 heterocycles. The van der Waals surface area contributed by atoms with Crippen LogP contribution in [0, 0.1) is 0 Å². The second-order valence-electron chi connectivity index (χ2n) is 3.01. The summed E-state index contributed by atoms with van der Waals surface area (Å²) in [7, 11) is -4.42. The quantitative estimate of drug-likeness (QED) is 0.464. The summed E-state index contributed by atoms with van der Waals surface area (Å²) in [6.45, 7) is 0.148. The van der Waals surface area contributed by atoms with Gasteiger partial charge in [0.2, 0.25) is 5.91 Å². The lowest BCUT2D eigenvalue weighted by Crippen LogP contribution is -2.35. The van der Waals surface area contributed by atoms with Crippen molar-refractivity contribution >= 4 is 13.7 Å². The average molecular weight is 247 g/mol. The molecule has 1 amide bonds. The molecule has 4 N–H and O–H groups in total. The van der Waals surface area contributed by atoms with Crippen LogP contribution in [-0.2, 0) is 15.6 Å². The highest BCUT2D eigenvalue weighted by molar-refractivity contribution is 7.46. The first-order valence-corrected chi connectivity index (χ1v) is 5.90. The number of hydrogen-bond donors (Lipinski definition) is 3. The van der Waals surface area contributed by atoms with Crippen molar-refractivity contribution in [2.45, 2.75) is 6.54 Å². The van der Waals surface area contributed by atoms with Crippen molar-refractivity contribution in [3.8, 4) is 0 Å². The predicted molar refractivity (Wildman–Crippen MR) is 53.2 cm³/mol. The van der Waals surface area contributed by atoms with Gasteiger partial charge in [0.15, 0.2) is 18.9 Å². The molecule has 0 bridgehead atoms. The summed E-state index contributed by atoms with van der Waals surface area (Å²) < 4.78 is 16.2. The highest BCUT2D eigenvalue weighted by Crippen LogP contribution is 2.35. The standard InChI is InChI=1S/C8H11N2O5P/c9-8(11)7-1-3-10(4-2-7)5-6-15-16(12,13)14/h1-4H,5-6H2,(H3-,9,11,12,13,14)/p+1. The Hall–Kier alpha value is -1.27. The summed E-state index contributed by atoms with van der Waals surface area (Å²) in [5, 5.41) is 0. The Balaban J connectivity index is 2.50. The van der Waals surface area contributed by atoms with E-state index in [2.05, 4.69) is 4.52 Å². The number of pyridine rings is 1. The van der Waals surface area contributed by atoms with Gasteiger partial charge in [-0.1, -0.05) is 0 Å². The first kappa shape index (κ1) is 12.8. The number of carbonyl (C=O) groups is 1. The number of nitrogens with two attached hydrogens (primary N) is 1. The Labute approximate surface area is 91.7 Å². The molecule has 0 fully saturated rings. The summed E-state index contributed by atoms with van der Waals surface area (Å²) in [6.07, 6.45) is 3.15. The fourth-order valence-electron chi connectivity index (χ4n) is 1.04. The number of rotatable bonds is 5. The molecule has 16 heavy (non-hydrogen) atoms. The first-order chi connectivity index (χ1) is 7.38. The van der Waals surface area contributed by atoms with Crippen LogP contribution < -0.4 is 10.3 Å². The molecule has 0 atom stereocenters. The van der Waals surface area contributed by atoms with Crippen LogP contribution >= 0.6 is 7.82 Å². The van der Waals surface area contributed by atoms with Gasteiger partial charge in [-0.05, 0) is 0 Å². The Morgan fingerprint density at radius 2 is 2.00 bits per heavy atom. The smallest absolute Gasteiger partial charge is 0.366 e. The summed E-state index contributed by atoms with van der Waals surface area (Å²) >= 11 is 0. The lowest BCUT2D eigenvalue weighted by molar-refractivity contribution is -0.697. The second kappa shape index (κ2) is 5.18. The molecular weight excluding hydrogens is 235 g/mol. The molecule has 0 saturated carbocycles. The van der Waals surface area contributed by atoms with Gasteiger partial charge in [0.25, 0.3) is 0 Å². The van der Waals surface area contributed by atoms with E-state index in [1.54, 1.807) is 17.0 Å². The van der Waals surface area contributed by atoms with Crippen LogP contribution in [0.25, 0.3) is 0 Å². The lowest BCUT2D eigenvalue weighted by atomic mass is 10.2. The molecule has 8 heteroatoms. The van der Waals surface area contributed by atoms with Crippen molar-refractivity contribution in [3.05, 3.63) is 30.1 Å². The van der Waals surface area contributed by atoms with Crippen LogP contribution in [0.1, 0.15) is 10.4 Å². The molecule has 7 nitrogen and oxygen atoms in total. The van der Waals surface area contributed by atoms with Gasteiger partial charge in [0.1, 0.15) is 6.61 Å². The van der Waals surface area contributed by atoms with E-state index in [1.165, 1.54) is 12.1 Å². The maximum Gasteiger partial charge on any atom is 0.469 e. The van der Waals surface area contributed by atoms with E-state index in [0.717, 1.165) is 0 Å². The van der Waals surface area contributed by atoms with E-state index in [1.807, 2.05) is 0 Å². The van der Waals surface area contributed by atoms with Crippen molar-refractivity contribution in [1.29, 1.82) is 0 Å². The number of primary amides is 1. The van der Waals surface area contributed by atoms with Crippen molar-refractivity contribution in [2.75, 3.05) is 6.61 Å². The topological polar surface area (TPSA) is 114 Å². The third-order valence-corrected chi connectivity index (χ3v) is 2.30. The van der Waals surface area contributed by atoms with Crippen LogP contribution in [0.15, 0.2) is 24.5 Å². The van der Waals surface area contributed by atoms with Crippen molar-refractivity contribution < 1.29 is 28.2 Å². The molecule has 0 aliphatic rings. The second-order valence-corrected chi connectivity index (χ2v) is 4.25. The molecule has 1 rings (SSSR count). The van der Waals surface area contributed by atoms with E-state index < -0.39 is 13.7 Å². The largest absolute Gasteiger partial charge is 0.469 e. The monoisotopic (exact) mass is 247 g/mol. The minimum absolute atomic E-state index is 0.120. The molecule has 0 saturated heterocycles. The molecule has 0 unspecified atom stereocenters. The molecule has 88 valence electrons. The Kier molecular flexibility index (Phi) is 4.14. The van der Waals surface area contributed by atoms with E-state index in [9.17, 15) is 9.36 Å². The summed E-state index contributed by atoms with van der Waals surface area (Å²) in [4.78, 5) is 27.6. The summed E-state index contributed by atoms with van der Waals surface area (Å²) in [5.41, 5.74) is 5.41. The minimum atomic E-state index is -4.42. The van der Waals surface area contributed by atoms with Gasteiger partial charge in [-0.3, -0.25) is 9.32 Å². The molecule has 0 aliphatic heterocycles. The van der Waals surface area contributed by atoms with Crippen LogP contribution in [0.5, 0.6) is 0 Å². The number of phosphoric ester groups is 1. The number of aromatic nitrogens is 1. The van der Waals surface area contributed by atoms with Gasteiger partial charge >= 0.3 is 7.82 Å². The molecule has 0 spiro atoms. The minimum Gasteiger partial charge on any atom is -0.366 e. The normalized spacial score (nSPS) is 11.4. The summed E-state index contributed by atoms with van der Waals surface area (Å²) in [6, 6.07) is 3.03. The van der Waals surface area contributed by atoms with Gasteiger partial charge in [0.05, 0.1) is 5.56 Å². The van der Waals surface area contributed by atoms with E-state index in [4.69, 9.17) is 15.5 Å². The van der Waals surface area contributed by atoms with Gasteiger partial charge < -0.3 is 15.5 Å². The Morgan fingerprint density at radius 1 is 1.44 bits per heavy atom. The van der Waals surface area contributed by atoms with Crippen molar-refractivity contribution in [3.63, 3.8) is 0 Å². The van der Waals surface area contributed by atoms with E-state index in [-0.39, 0.29) is 13.2 Å².